The van der Waals surface area contributed by atoms with Crippen molar-refractivity contribution in [2.75, 3.05) is 32.7 Å². The normalized spacial score (nSPS) is 16.0. The predicted molar refractivity (Wildman–Crippen MR) is 123 cm³/mol. The number of piperazine rings is 1. The molecule has 0 radical (unpaired) electrons. The lowest BCUT2D eigenvalue weighted by Gasteiger charge is -2.34. The Morgan fingerprint density at radius 3 is 2.37 bits per heavy atom. The molecule has 164 valence electrons. The van der Waals surface area contributed by atoms with Gasteiger partial charge in [0.05, 0.1) is 13.2 Å². The lowest BCUT2D eigenvalue weighted by molar-refractivity contribution is -0.124. The van der Waals surface area contributed by atoms with Gasteiger partial charge in [0.25, 0.3) is 0 Å². The van der Waals surface area contributed by atoms with Crippen LogP contribution in [0.4, 0.5) is 0 Å². The van der Waals surface area contributed by atoms with E-state index in [9.17, 15) is 4.79 Å². The van der Waals surface area contributed by atoms with Crippen LogP contribution in [0.25, 0.3) is 11.4 Å². The number of aryl methyl sites for hydroxylation is 1. The molecule has 0 saturated carbocycles. The molecule has 1 fully saturated rings. The highest BCUT2D eigenvalue weighted by Gasteiger charge is 2.22. The van der Waals surface area contributed by atoms with Gasteiger partial charge in [-0.1, -0.05) is 24.3 Å². The molecule has 3 rings (SSSR count). The van der Waals surface area contributed by atoms with Gasteiger partial charge in [0.2, 0.25) is 5.91 Å². The standard InChI is InChI=1S/C22H34N6OS/c1-6-27-20(18-10-8-7-9-17(18)2)24-28(21(27)30)16-26-13-11-25(12-14-26)15-19(29)23-22(3,4)5/h7-10H,6,11-16H2,1-5H3,(H,23,29). The van der Waals surface area contributed by atoms with E-state index in [1.54, 1.807) is 0 Å². The minimum absolute atomic E-state index is 0.0859. The third kappa shape index (κ3) is 5.56. The Balaban J connectivity index is 1.64. The highest BCUT2D eigenvalue weighted by Crippen LogP contribution is 2.22. The van der Waals surface area contributed by atoms with Crippen molar-refractivity contribution in [3.8, 4) is 11.4 Å². The van der Waals surface area contributed by atoms with Crippen molar-refractivity contribution in [1.29, 1.82) is 0 Å². The number of hydrogen-bond donors (Lipinski definition) is 1. The first-order valence-electron chi connectivity index (χ1n) is 10.7. The van der Waals surface area contributed by atoms with Crippen LogP contribution < -0.4 is 5.32 Å². The number of aromatic nitrogens is 3. The first-order chi connectivity index (χ1) is 14.2. The van der Waals surface area contributed by atoms with E-state index in [0.717, 1.165) is 48.9 Å². The maximum absolute atomic E-state index is 12.2. The topological polar surface area (TPSA) is 58.3 Å². The van der Waals surface area contributed by atoms with Gasteiger partial charge in [-0.05, 0) is 52.4 Å². The number of amides is 1. The zero-order valence-corrected chi connectivity index (χ0v) is 19.6. The molecule has 1 N–H and O–H groups in total. The monoisotopic (exact) mass is 430 g/mol. The molecule has 0 bridgehead atoms. The van der Waals surface area contributed by atoms with Gasteiger partial charge in [-0.25, -0.2) is 4.68 Å². The molecule has 2 aromatic rings. The summed E-state index contributed by atoms with van der Waals surface area (Å²) in [6.45, 7) is 15.7. The molecule has 1 saturated heterocycles. The van der Waals surface area contributed by atoms with E-state index in [0.29, 0.717) is 13.2 Å². The maximum Gasteiger partial charge on any atom is 0.234 e. The molecule has 1 aromatic carbocycles. The summed E-state index contributed by atoms with van der Waals surface area (Å²) < 4.78 is 4.79. The number of nitrogens with zero attached hydrogens (tertiary/aromatic N) is 5. The van der Waals surface area contributed by atoms with Gasteiger partial charge in [0.1, 0.15) is 0 Å². The van der Waals surface area contributed by atoms with Crippen molar-refractivity contribution >= 4 is 18.1 Å². The van der Waals surface area contributed by atoms with Crippen molar-refractivity contribution in [2.45, 2.75) is 53.4 Å². The molecule has 8 heteroatoms. The van der Waals surface area contributed by atoms with E-state index in [4.69, 9.17) is 17.3 Å². The molecule has 30 heavy (non-hydrogen) atoms. The molecule has 1 amide bonds. The van der Waals surface area contributed by atoms with Gasteiger partial charge in [-0.15, -0.1) is 0 Å². The second-order valence-corrected chi connectivity index (χ2v) is 9.36. The Bertz CT molecular complexity index is 934. The van der Waals surface area contributed by atoms with Crippen LogP contribution in [0, 0.1) is 11.7 Å². The van der Waals surface area contributed by atoms with Crippen molar-refractivity contribution < 1.29 is 4.79 Å². The molecule has 2 heterocycles. The number of benzene rings is 1. The Morgan fingerprint density at radius 1 is 1.13 bits per heavy atom. The van der Waals surface area contributed by atoms with Crippen LogP contribution in [-0.4, -0.2) is 68.3 Å². The predicted octanol–water partition coefficient (Wildman–Crippen LogP) is 2.90. The summed E-state index contributed by atoms with van der Waals surface area (Å²) in [7, 11) is 0. The molecule has 1 aromatic heterocycles. The Kier molecular flexibility index (Phi) is 7.10. The highest BCUT2D eigenvalue weighted by molar-refractivity contribution is 7.71. The van der Waals surface area contributed by atoms with Gasteiger partial charge in [-0.3, -0.25) is 14.6 Å². The van der Waals surface area contributed by atoms with Crippen LogP contribution in [-0.2, 0) is 18.0 Å². The van der Waals surface area contributed by atoms with E-state index in [-0.39, 0.29) is 11.4 Å². The minimum atomic E-state index is -0.192. The summed E-state index contributed by atoms with van der Waals surface area (Å²) in [5.41, 5.74) is 2.13. The van der Waals surface area contributed by atoms with Crippen LogP contribution in [0.5, 0.6) is 0 Å². The number of rotatable bonds is 6. The summed E-state index contributed by atoms with van der Waals surface area (Å²) in [5.74, 6) is 1.01. The maximum atomic E-state index is 12.2. The Hall–Kier alpha value is -2.03. The fraction of sp³-hybridized carbons (Fsp3) is 0.591. The molecular formula is C22H34N6OS. The second-order valence-electron chi connectivity index (χ2n) is 9.00. The van der Waals surface area contributed by atoms with E-state index >= 15 is 0 Å². The Morgan fingerprint density at radius 2 is 1.77 bits per heavy atom. The number of carbonyl (C=O) groups is 1. The molecule has 1 aliphatic heterocycles. The largest absolute Gasteiger partial charge is 0.350 e. The summed E-state index contributed by atoms with van der Waals surface area (Å²) in [4.78, 5) is 16.7. The number of hydrogen-bond acceptors (Lipinski definition) is 5. The van der Waals surface area contributed by atoms with Crippen LogP contribution in [0.1, 0.15) is 33.3 Å². The van der Waals surface area contributed by atoms with Gasteiger partial charge in [0, 0.05) is 43.8 Å². The quantitative estimate of drug-likeness (QED) is 0.714. The molecule has 0 spiro atoms. The van der Waals surface area contributed by atoms with Gasteiger partial charge < -0.3 is 9.88 Å². The zero-order valence-electron chi connectivity index (χ0n) is 18.8. The smallest absolute Gasteiger partial charge is 0.234 e. The molecule has 7 nitrogen and oxygen atoms in total. The van der Waals surface area contributed by atoms with E-state index < -0.39 is 0 Å². The van der Waals surface area contributed by atoms with E-state index in [1.165, 1.54) is 5.56 Å². The zero-order chi connectivity index (χ0) is 21.9. The molecule has 0 aliphatic carbocycles. The SMILES string of the molecule is CCn1c(-c2ccccc2C)nn(CN2CCN(CC(=O)NC(C)(C)C)CC2)c1=S. The molecule has 0 unspecified atom stereocenters. The number of carbonyl (C=O) groups excluding carboxylic acids is 1. The molecule has 1 aliphatic rings. The highest BCUT2D eigenvalue weighted by atomic mass is 32.1. The fourth-order valence-corrected chi connectivity index (χ4v) is 4.09. The van der Waals surface area contributed by atoms with Gasteiger partial charge in [0.15, 0.2) is 10.6 Å². The first-order valence-corrected chi connectivity index (χ1v) is 11.1. The van der Waals surface area contributed by atoms with Crippen molar-refractivity contribution in [1.82, 2.24) is 29.5 Å². The molecular weight excluding hydrogens is 396 g/mol. The fourth-order valence-electron chi connectivity index (χ4n) is 3.78. The summed E-state index contributed by atoms with van der Waals surface area (Å²) in [6, 6.07) is 8.29. The van der Waals surface area contributed by atoms with Crippen LogP contribution >= 0.6 is 12.2 Å². The Labute approximate surface area is 184 Å². The van der Waals surface area contributed by atoms with Crippen LogP contribution in [0.2, 0.25) is 0 Å². The lowest BCUT2D eigenvalue weighted by atomic mass is 10.1. The average molecular weight is 431 g/mol. The second kappa shape index (κ2) is 9.41. The lowest BCUT2D eigenvalue weighted by Crippen LogP contribution is -2.51. The summed E-state index contributed by atoms with van der Waals surface area (Å²) in [6.07, 6.45) is 0. The summed E-state index contributed by atoms with van der Waals surface area (Å²) >= 11 is 5.73. The van der Waals surface area contributed by atoms with E-state index in [1.807, 2.05) is 37.6 Å². The van der Waals surface area contributed by atoms with Crippen molar-refractivity contribution in [3.05, 3.63) is 34.6 Å². The van der Waals surface area contributed by atoms with Crippen LogP contribution in [0.3, 0.4) is 0 Å². The first kappa shape index (κ1) is 22.7. The van der Waals surface area contributed by atoms with Gasteiger partial charge in [-0.2, -0.15) is 5.10 Å². The minimum Gasteiger partial charge on any atom is -0.350 e. The van der Waals surface area contributed by atoms with Crippen LogP contribution in [0.15, 0.2) is 24.3 Å². The van der Waals surface area contributed by atoms with E-state index in [2.05, 4.69) is 45.7 Å². The third-order valence-corrected chi connectivity index (χ3v) is 5.74. The third-order valence-electron chi connectivity index (χ3n) is 5.31. The summed E-state index contributed by atoms with van der Waals surface area (Å²) in [5, 5.41) is 7.91. The average Bonchev–Trinajstić information content (AvgIpc) is 2.97. The van der Waals surface area contributed by atoms with Crippen molar-refractivity contribution in [3.63, 3.8) is 0 Å². The molecule has 0 atom stereocenters. The van der Waals surface area contributed by atoms with Crippen molar-refractivity contribution in [2.24, 2.45) is 0 Å². The van der Waals surface area contributed by atoms with Gasteiger partial charge >= 0.3 is 0 Å². The number of nitrogens with one attached hydrogen (secondary N) is 1.